The number of ether oxygens (including phenoxy) is 2. The van der Waals surface area contributed by atoms with Crippen molar-refractivity contribution in [2.24, 2.45) is 0 Å². The highest BCUT2D eigenvalue weighted by Crippen LogP contribution is 2.35. The van der Waals surface area contributed by atoms with Gasteiger partial charge in [0.05, 0.1) is 14.2 Å². The average molecular weight is 297 g/mol. The Balaban J connectivity index is 1.83. The molecule has 1 unspecified atom stereocenters. The van der Waals surface area contributed by atoms with E-state index in [-0.39, 0.29) is 0 Å². The van der Waals surface area contributed by atoms with Gasteiger partial charge in [-0.15, -0.1) is 0 Å². The third-order valence-electron chi connectivity index (χ3n) is 4.41. The van der Waals surface area contributed by atoms with Crippen molar-refractivity contribution in [2.45, 2.75) is 25.4 Å². The Morgan fingerprint density at radius 1 is 1.05 bits per heavy atom. The van der Waals surface area contributed by atoms with E-state index in [1.807, 2.05) is 12.1 Å². The summed E-state index contributed by atoms with van der Waals surface area (Å²) < 4.78 is 10.9. The summed E-state index contributed by atoms with van der Waals surface area (Å²) in [5.41, 5.74) is 2.59. The van der Waals surface area contributed by atoms with Crippen LogP contribution in [-0.4, -0.2) is 25.7 Å². The number of hydrogen-bond acceptors (Lipinski definition) is 3. The first-order chi connectivity index (χ1) is 10.8. The molecule has 3 rings (SSSR count). The standard InChI is InChI=1S/C19H23NO2/c1-21-17-10-11-19(22-2)16(13-17)14-20-12-6-9-18(20)15-7-4-3-5-8-15/h3-5,7-8,10-11,13,18H,6,9,12,14H2,1-2H3. The average Bonchev–Trinajstić information content (AvgIpc) is 3.03. The molecule has 0 amide bonds. The van der Waals surface area contributed by atoms with Gasteiger partial charge in [-0.1, -0.05) is 30.3 Å². The molecule has 0 bridgehead atoms. The van der Waals surface area contributed by atoms with Crippen LogP contribution in [0.25, 0.3) is 0 Å². The number of likely N-dealkylation sites (tertiary alicyclic amines) is 1. The monoisotopic (exact) mass is 297 g/mol. The molecule has 1 heterocycles. The SMILES string of the molecule is COc1ccc(OC)c(CN2CCCC2c2ccccc2)c1. The van der Waals surface area contributed by atoms with Crippen LogP contribution in [0.1, 0.15) is 30.0 Å². The van der Waals surface area contributed by atoms with Crippen molar-refractivity contribution in [1.82, 2.24) is 4.90 Å². The van der Waals surface area contributed by atoms with Crippen LogP contribution >= 0.6 is 0 Å². The summed E-state index contributed by atoms with van der Waals surface area (Å²) in [6.45, 7) is 2.01. The van der Waals surface area contributed by atoms with E-state index in [0.717, 1.165) is 24.6 Å². The maximum Gasteiger partial charge on any atom is 0.123 e. The van der Waals surface area contributed by atoms with E-state index in [1.54, 1.807) is 14.2 Å². The second kappa shape index (κ2) is 6.84. The first-order valence-electron chi connectivity index (χ1n) is 7.81. The molecule has 1 aliphatic heterocycles. The molecule has 1 atom stereocenters. The predicted octanol–water partition coefficient (Wildman–Crippen LogP) is 4.04. The third-order valence-corrected chi connectivity index (χ3v) is 4.41. The van der Waals surface area contributed by atoms with Crippen LogP contribution in [0.5, 0.6) is 11.5 Å². The van der Waals surface area contributed by atoms with Crippen molar-refractivity contribution in [2.75, 3.05) is 20.8 Å². The maximum absolute atomic E-state index is 5.51. The molecule has 1 saturated heterocycles. The van der Waals surface area contributed by atoms with Crippen molar-refractivity contribution in [1.29, 1.82) is 0 Å². The van der Waals surface area contributed by atoms with Crippen LogP contribution in [-0.2, 0) is 6.54 Å². The van der Waals surface area contributed by atoms with Gasteiger partial charge in [0.15, 0.2) is 0 Å². The summed E-state index contributed by atoms with van der Waals surface area (Å²) in [5, 5.41) is 0. The van der Waals surface area contributed by atoms with Crippen molar-refractivity contribution in [3.8, 4) is 11.5 Å². The Kier molecular flexibility index (Phi) is 4.64. The van der Waals surface area contributed by atoms with Gasteiger partial charge < -0.3 is 9.47 Å². The minimum Gasteiger partial charge on any atom is -0.497 e. The molecule has 0 saturated carbocycles. The number of nitrogens with zero attached hydrogens (tertiary/aromatic N) is 1. The summed E-state index contributed by atoms with van der Waals surface area (Å²) in [5.74, 6) is 1.81. The molecule has 0 spiro atoms. The van der Waals surface area contributed by atoms with Gasteiger partial charge in [-0.05, 0) is 43.1 Å². The topological polar surface area (TPSA) is 21.7 Å². The van der Waals surface area contributed by atoms with Gasteiger partial charge in [-0.3, -0.25) is 4.90 Å². The quantitative estimate of drug-likeness (QED) is 0.831. The molecule has 2 aromatic carbocycles. The summed E-state index contributed by atoms with van der Waals surface area (Å²) in [4.78, 5) is 2.53. The van der Waals surface area contributed by atoms with Crippen molar-refractivity contribution in [3.63, 3.8) is 0 Å². The minimum atomic E-state index is 0.497. The number of hydrogen-bond donors (Lipinski definition) is 0. The molecule has 22 heavy (non-hydrogen) atoms. The molecule has 0 N–H and O–H groups in total. The smallest absolute Gasteiger partial charge is 0.123 e. The maximum atomic E-state index is 5.51. The molecule has 1 fully saturated rings. The summed E-state index contributed by atoms with van der Waals surface area (Å²) >= 11 is 0. The lowest BCUT2D eigenvalue weighted by Gasteiger charge is -2.25. The molecule has 1 aliphatic rings. The number of methoxy groups -OCH3 is 2. The molecule has 2 aromatic rings. The van der Waals surface area contributed by atoms with Crippen LogP contribution in [0.3, 0.4) is 0 Å². The third kappa shape index (κ3) is 3.09. The Hall–Kier alpha value is -2.00. The van der Waals surface area contributed by atoms with E-state index < -0.39 is 0 Å². The van der Waals surface area contributed by atoms with E-state index in [1.165, 1.54) is 24.0 Å². The Morgan fingerprint density at radius 3 is 2.59 bits per heavy atom. The van der Waals surface area contributed by atoms with Gasteiger partial charge >= 0.3 is 0 Å². The lowest BCUT2D eigenvalue weighted by molar-refractivity contribution is 0.244. The van der Waals surface area contributed by atoms with E-state index >= 15 is 0 Å². The van der Waals surface area contributed by atoms with Gasteiger partial charge in [0.25, 0.3) is 0 Å². The van der Waals surface area contributed by atoms with Gasteiger partial charge in [-0.25, -0.2) is 0 Å². The van der Waals surface area contributed by atoms with Crippen molar-refractivity contribution >= 4 is 0 Å². The van der Waals surface area contributed by atoms with E-state index in [4.69, 9.17) is 9.47 Å². The van der Waals surface area contributed by atoms with Gasteiger partial charge in [0.2, 0.25) is 0 Å². The molecule has 3 heteroatoms. The Morgan fingerprint density at radius 2 is 1.86 bits per heavy atom. The van der Waals surface area contributed by atoms with Gasteiger partial charge in [-0.2, -0.15) is 0 Å². The highest BCUT2D eigenvalue weighted by Gasteiger charge is 2.26. The first-order valence-corrected chi connectivity index (χ1v) is 7.81. The zero-order valence-corrected chi connectivity index (χ0v) is 13.3. The highest BCUT2D eigenvalue weighted by atomic mass is 16.5. The fourth-order valence-electron chi connectivity index (χ4n) is 3.29. The van der Waals surface area contributed by atoms with Crippen LogP contribution in [0, 0.1) is 0 Å². The number of benzene rings is 2. The normalized spacial score (nSPS) is 18.4. The molecule has 3 nitrogen and oxygen atoms in total. The van der Waals surface area contributed by atoms with Crippen LogP contribution in [0.15, 0.2) is 48.5 Å². The van der Waals surface area contributed by atoms with Gasteiger partial charge in [0.1, 0.15) is 11.5 Å². The zero-order valence-electron chi connectivity index (χ0n) is 13.3. The highest BCUT2D eigenvalue weighted by molar-refractivity contribution is 5.40. The molecular weight excluding hydrogens is 274 g/mol. The molecule has 0 radical (unpaired) electrons. The fourth-order valence-corrected chi connectivity index (χ4v) is 3.29. The van der Waals surface area contributed by atoms with Crippen LogP contribution < -0.4 is 9.47 Å². The Bertz CT molecular complexity index is 612. The van der Waals surface area contributed by atoms with Crippen molar-refractivity contribution < 1.29 is 9.47 Å². The summed E-state index contributed by atoms with van der Waals surface area (Å²) in [7, 11) is 3.43. The lowest BCUT2D eigenvalue weighted by atomic mass is 10.0. The Labute approximate surface area is 132 Å². The second-order valence-electron chi connectivity index (χ2n) is 5.72. The first kappa shape index (κ1) is 14.9. The summed E-state index contributed by atoms with van der Waals surface area (Å²) in [6, 6.07) is 17.3. The summed E-state index contributed by atoms with van der Waals surface area (Å²) in [6.07, 6.45) is 2.46. The van der Waals surface area contributed by atoms with E-state index in [0.29, 0.717) is 6.04 Å². The molecule has 116 valence electrons. The van der Waals surface area contributed by atoms with Crippen LogP contribution in [0.2, 0.25) is 0 Å². The largest absolute Gasteiger partial charge is 0.497 e. The van der Waals surface area contributed by atoms with E-state index in [9.17, 15) is 0 Å². The van der Waals surface area contributed by atoms with Gasteiger partial charge in [0, 0.05) is 18.2 Å². The minimum absolute atomic E-state index is 0.497. The predicted molar refractivity (Wildman–Crippen MR) is 88.4 cm³/mol. The number of rotatable bonds is 5. The fraction of sp³-hybridized carbons (Fsp3) is 0.368. The van der Waals surface area contributed by atoms with Crippen LogP contribution in [0.4, 0.5) is 0 Å². The van der Waals surface area contributed by atoms with Crippen molar-refractivity contribution in [3.05, 3.63) is 59.7 Å². The van der Waals surface area contributed by atoms with E-state index in [2.05, 4.69) is 41.3 Å². The molecule has 0 aromatic heterocycles. The second-order valence-corrected chi connectivity index (χ2v) is 5.72. The zero-order chi connectivity index (χ0) is 15.4. The molecular formula is C19H23NO2. The molecule has 0 aliphatic carbocycles. The lowest BCUT2D eigenvalue weighted by Crippen LogP contribution is -2.23.